The van der Waals surface area contributed by atoms with Gasteiger partial charge in [0.05, 0.1) is 18.1 Å². The van der Waals surface area contributed by atoms with Crippen LogP contribution in [-0.2, 0) is 15.7 Å². The molecule has 0 amide bonds. The van der Waals surface area contributed by atoms with Crippen LogP contribution in [0.25, 0.3) is 3.58 Å². The van der Waals surface area contributed by atoms with Crippen LogP contribution < -0.4 is 0 Å². The van der Waals surface area contributed by atoms with Gasteiger partial charge in [0, 0.05) is 3.58 Å². The van der Waals surface area contributed by atoms with E-state index in [4.69, 9.17) is 4.74 Å². The van der Waals surface area contributed by atoms with E-state index in [2.05, 4.69) is 0 Å². The third-order valence-corrected chi connectivity index (χ3v) is 3.53. The average molecular weight is 398 g/mol. The molecule has 1 rings (SSSR count). The van der Waals surface area contributed by atoms with E-state index in [1.807, 2.05) is 22.6 Å². The van der Waals surface area contributed by atoms with Gasteiger partial charge in [0.2, 0.25) is 0 Å². The number of carbonyl (C=O) groups excluding carboxylic acids is 1. The van der Waals surface area contributed by atoms with Gasteiger partial charge in [-0.05, 0) is 54.1 Å². The van der Waals surface area contributed by atoms with Gasteiger partial charge in [-0.1, -0.05) is 18.2 Å². The third-order valence-electron chi connectivity index (χ3n) is 2.54. The summed E-state index contributed by atoms with van der Waals surface area (Å²) >= 11 is 1.99. The first-order valence-electron chi connectivity index (χ1n) is 5.97. The van der Waals surface area contributed by atoms with E-state index >= 15 is 0 Å². The number of hydrogen-bond acceptors (Lipinski definition) is 2. The molecule has 6 heteroatoms. The quantitative estimate of drug-likeness (QED) is 0.544. The molecule has 0 fully saturated rings. The van der Waals surface area contributed by atoms with Crippen LogP contribution >= 0.6 is 22.6 Å². The summed E-state index contributed by atoms with van der Waals surface area (Å²) in [5, 5.41) is 0. The molecule has 2 nitrogen and oxygen atoms in total. The number of alkyl halides is 3. The minimum Gasteiger partial charge on any atom is -0.466 e. The Morgan fingerprint density at radius 3 is 2.35 bits per heavy atom. The molecule has 0 radical (unpaired) electrons. The zero-order valence-electron chi connectivity index (χ0n) is 11.0. The Balaban J connectivity index is 2.87. The number of carbonyl (C=O) groups is 1. The fourth-order valence-electron chi connectivity index (χ4n) is 1.48. The van der Waals surface area contributed by atoms with Crippen molar-refractivity contribution in [2.75, 3.05) is 6.61 Å². The van der Waals surface area contributed by atoms with Gasteiger partial charge in [-0.2, -0.15) is 13.2 Å². The van der Waals surface area contributed by atoms with E-state index in [1.54, 1.807) is 19.9 Å². The Morgan fingerprint density at radius 2 is 1.90 bits per heavy atom. The fourth-order valence-corrected chi connectivity index (χ4v) is 2.37. The van der Waals surface area contributed by atoms with Crippen molar-refractivity contribution < 1.29 is 22.7 Å². The molecule has 1 aromatic rings. The Kier molecular flexibility index (Phi) is 6.04. The summed E-state index contributed by atoms with van der Waals surface area (Å²) < 4.78 is 42.9. The Morgan fingerprint density at radius 1 is 1.35 bits per heavy atom. The molecule has 20 heavy (non-hydrogen) atoms. The highest BCUT2D eigenvalue weighted by molar-refractivity contribution is 14.1. The largest absolute Gasteiger partial charge is 0.466 e. The van der Waals surface area contributed by atoms with Crippen LogP contribution in [0.1, 0.15) is 25.0 Å². The molecule has 110 valence electrons. The van der Waals surface area contributed by atoms with Gasteiger partial charge in [-0.15, -0.1) is 0 Å². The van der Waals surface area contributed by atoms with Crippen molar-refractivity contribution in [3.8, 4) is 0 Å². The van der Waals surface area contributed by atoms with Gasteiger partial charge in [-0.25, -0.2) is 0 Å². The highest BCUT2D eigenvalue weighted by Crippen LogP contribution is 2.31. The van der Waals surface area contributed by atoms with E-state index in [-0.39, 0.29) is 5.97 Å². The van der Waals surface area contributed by atoms with Crippen LogP contribution in [0.5, 0.6) is 0 Å². The average Bonchev–Trinajstić information content (AvgIpc) is 2.38. The second-order valence-electron chi connectivity index (χ2n) is 4.13. The van der Waals surface area contributed by atoms with Crippen LogP contribution in [0.4, 0.5) is 13.2 Å². The Hall–Kier alpha value is -1.05. The standard InChI is InChI=1S/C14H14F3IO2/c1-3-20-13(19)9(2)8-12(18)10-4-6-11(7-5-10)14(15,16)17/h4-9H,3H2,1-2H3/b12-8+. The second kappa shape index (κ2) is 7.10. The van der Waals surface area contributed by atoms with Crippen LogP contribution in [0.2, 0.25) is 0 Å². The lowest BCUT2D eigenvalue weighted by atomic mass is 10.1. The molecular weight excluding hydrogens is 384 g/mol. The maximum Gasteiger partial charge on any atom is 0.416 e. The highest BCUT2D eigenvalue weighted by Gasteiger charge is 2.30. The molecule has 0 aliphatic carbocycles. The molecule has 0 N–H and O–H groups in total. The number of benzene rings is 1. The van der Waals surface area contributed by atoms with Crippen molar-refractivity contribution in [2.45, 2.75) is 20.0 Å². The van der Waals surface area contributed by atoms with Crippen LogP contribution in [-0.4, -0.2) is 12.6 Å². The van der Waals surface area contributed by atoms with Crippen molar-refractivity contribution in [3.63, 3.8) is 0 Å². The van der Waals surface area contributed by atoms with Crippen molar-refractivity contribution in [1.29, 1.82) is 0 Å². The maximum absolute atomic E-state index is 12.4. The molecule has 0 spiro atoms. The van der Waals surface area contributed by atoms with E-state index in [0.717, 1.165) is 12.1 Å². The van der Waals surface area contributed by atoms with Gasteiger partial charge >= 0.3 is 12.1 Å². The van der Waals surface area contributed by atoms with Crippen molar-refractivity contribution in [3.05, 3.63) is 41.5 Å². The van der Waals surface area contributed by atoms with E-state index in [9.17, 15) is 18.0 Å². The highest BCUT2D eigenvalue weighted by atomic mass is 127. The summed E-state index contributed by atoms with van der Waals surface area (Å²) in [6.45, 7) is 3.70. The molecule has 1 atom stereocenters. The van der Waals surface area contributed by atoms with Crippen LogP contribution in [0.15, 0.2) is 30.3 Å². The topological polar surface area (TPSA) is 26.3 Å². The third kappa shape index (κ3) is 4.81. The molecule has 0 heterocycles. The van der Waals surface area contributed by atoms with E-state index in [1.165, 1.54) is 12.1 Å². The van der Waals surface area contributed by atoms with Gasteiger partial charge in [0.25, 0.3) is 0 Å². The predicted octanol–water partition coefficient (Wildman–Crippen LogP) is 4.68. The molecular formula is C14H14F3IO2. The van der Waals surface area contributed by atoms with Crippen LogP contribution in [0, 0.1) is 5.92 Å². The molecule has 0 aliphatic rings. The lowest BCUT2D eigenvalue weighted by molar-refractivity contribution is -0.145. The summed E-state index contributed by atoms with van der Waals surface area (Å²) in [4.78, 5) is 11.5. The number of rotatable bonds is 4. The lowest BCUT2D eigenvalue weighted by Crippen LogP contribution is -2.12. The zero-order chi connectivity index (χ0) is 15.3. The fraction of sp³-hybridized carbons (Fsp3) is 0.357. The van der Waals surface area contributed by atoms with Crippen molar-refractivity contribution >= 4 is 32.1 Å². The van der Waals surface area contributed by atoms with Crippen molar-refractivity contribution in [2.24, 2.45) is 5.92 Å². The Bertz CT molecular complexity index is 492. The minimum absolute atomic E-state index is 0.299. The summed E-state index contributed by atoms with van der Waals surface area (Å²) in [6, 6.07) is 4.83. The monoisotopic (exact) mass is 398 g/mol. The first-order valence-corrected chi connectivity index (χ1v) is 7.05. The molecule has 0 saturated carbocycles. The van der Waals surface area contributed by atoms with E-state index < -0.39 is 17.7 Å². The van der Waals surface area contributed by atoms with Crippen LogP contribution in [0.3, 0.4) is 0 Å². The Labute approximate surface area is 129 Å². The summed E-state index contributed by atoms with van der Waals surface area (Å²) in [5.74, 6) is -0.794. The number of halogens is 4. The summed E-state index contributed by atoms with van der Waals surface area (Å²) in [7, 11) is 0. The summed E-state index contributed by atoms with van der Waals surface area (Å²) in [6.07, 6.45) is -2.67. The molecule has 1 unspecified atom stereocenters. The summed E-state index contributed by atoms with van der Waals surface area (Å²) in [5.41, 5.74) is -0.0568. The first-order chi connectivity index (χ1) is 9.25. The molecule has 0 aromatic heterocycles. The van der Waals surface area contributed by atoms with Crippen molar-refractivity contribution in [1.82, 2.24) is 0 Å². The lowest BCUT2D eigenvalue weighted by Gasteiger charge is -2.09. The smallest absolute Gasteiger partial charge is 0.416 e. The molecule has 0 aliphatic heterocycles. The number of hydrogen-bond donors (Lipinski definition) is 0. The normalized spacial score (nSPS) is 14.0. The van der Waals surface area contributed by atoms with Gasteiger partial charge in [0.1, 0.15) is 0 Å². The number of ether oxygens (including phenoxy) is 1. The molecule has 0 bridgehead atoms. The SMILES string of the molecule is CCOC(=O)C(C)/C=C(/I)c1ccc(C(F)(F)F)cc1. The first kappa shape index (κ1) is 17.0. The molecule has 0 saturated heterocycles. The van der Waals surface area contributed by atoms with Gasteiger partial charge in [-0.3, -0.25) is 4.79 Å². The predicted molar refractivity (Wildman–Crippen MR) is 79.2 cm³/mol. The maximum atomic E-state index is 12.4. The molecule has 1 aromatic carbocycles. The number of esters is 1. The van der Waals surface area contributed by atoms with Gasteiger partial charge in [0.15, 0.2) is 0 Å². The van der Waals surface area contributed by atoms with E-state index in [0.29, 0.717) is 15.8 Å². The minimum atomic E-state index is -4.34. The second-order valence-corrected chi connectivity index (χ2v) is 5.29. The van der Waals surface area contributed by atoms with Gasteiger partial charge < -0.3 is 4.74 Å². The zero-order valence-corrected chi connectivity index (χ0v) is 13.2.